The summed E-state index contributed by atoms with van der Waals surface area (Å²) >= 11 is 0. The monoisotopic (exact) mass is 412 g/mol. The highest BCUT2D eigenvalue weighted by Crippen LogP contribution is 2.19. The second-order valence-corrected chi connectivity index (χ2v) is 8.22. The maximum atomic E-state index is 13.0. The van der Waals surface area contributed by atoms with Gasteiger partial charge in [-0.3, -0.25) is 9.52 Å². The van der Waals surface area contributed by atoms with Gasteiger partial charge in [-0.2, -0.15) is 0 Å². The minimum absolute atomic E-state index is 0.151. The normalized spacial score (nSPS) is 11.1. The SMILES string of the molecule is CCCc1ccc(S(=O)(=O)Nc2cccc(C(=O)Nc3ccc(F)cc3)c2)cc1. The smallest absolute Gasteiger partial charge is 0.261 e. The lowest BCUT2D eigenvalue weighted by molar-refractivity contribution is 0.102. The van der Waals surface area contributed by atoms with Crippen molar-refractivity contribution in [2.45, 2.75) is 24.7 Å². The molecule has 0 aliphatic heterocycles. The molecule has 3 rings (SSSR count). The van der Waals surface area contributed by atoms with Crippen LogP contribution in [0.4, 0.5) is 15.8 Å². The Kier molecular flexibility index (Phi) is 6.29. The first kappa shape index (κ1) is 20.5. The molecule has 1 amide bonds. The number of aryl methyl sites for hydroxylation is 1. The number of halogens is 1. The first-order chi connectivity index (χ1) is 13.9. The van der Waals surface area contributed by atoms with Crippen LogP contribution < -0.4 is 10.0 Å². The Morgan fingerprint density at radius 3 is 2.28 bits per heavy atom. The van der Waals surface area contributed by atoms with Gasteiger partial charge in [-0.05, 0) is 66.6 Å². The molecule has 3 aromatic rings. The molecule has 0 aliphatic rings. The number of anilines is 2. The summed E-state index contributed by atoms with van der Waals surface area (Å²) in [6.07, 6.45) is 1.87. The van der Waals surface area contributed by atoms with E-state index in [1.165, 1.54) is 30.3 Å². The lowest BCUT2D eigenvalue weighted by Gasteiger charge is -2.10. The highest BCUT2D eigenvalue weighted by molar-refractivity contribution is 7.92. The highest BCUT2D eigenvalue weighted by atomic mass is 32.2. The molecule has 29 heavy (non-hydrogen) atoms. The molecular formula is C22H21FN2O3S. The summed E-state index contributed by atoms with van der Waals surface area (Å²) in [5.41, 5.74) is 2.06. The molecule has 0 atom stereocenters. The first-order valence-electron chi connectivity index (χ1n) is 9.16. The number of sulfonamides is 1. The first-order valence-corrected chi connectivity index (χ1v) is 10.6. The fourth-order valence-electron chi connectivity index (χ4n) is 2.80. The summed E-state index contributed by atoms with van der Waals surface area (Å²) in [5.74, 6) is -0.830. The van der Waals surface area contributed by atoms with Crippen LogP contribution in [0.3, 0.4) is 0 Å². The van der Waals surface area contributed by atoms with Crippen LogP contribution in [0.2, 0.25) is 0 Å². The summed E-state index contributed by atoms with van der Waals surface area (Å²) in [5, 5.41) is 2.64. The topological polar surface area (TPSA) is 75.3 Å². The lowest BCUT2D eigenvalue weighted by atomic mass is 10.1. The zero-order valence-corrected chi connectivity index (χ0v) is 16.7. The molecule has 5 nitrogen and oxygen atoms in total. The van der Waals surface area contributed by atoms with Crippen molar-refractivity contribution in [3.8, 4) is 0 Å². The van der Waals surface area contributed by atoms with Crippen LogP contribution in [0.1, 0.15) is 29.3 Å². The molecule has 2 N–H and O–H groups in total. The molecule has 0 aliphatic carbocycles. The number of benzene rings is 3. The van der Waals surface area contributed by atoms with Gasteiger partial charge in [0.25, 0.3) is 15.9 Å². The molecule has 0 spiro atoms. The Balaban J connectivity index is 1.74. The quantitative estimate of drug-likeness (QED) is 0.584. The van der Waals surface area contributed by atoms with Gasteiger partial charge in [0.1, 0.15) is 5.82 Å². The molecule has 0 unspecified atom stereocenters. The molecular weight excluding hydrogens is 391 g/mol. The van der Waals surface area contributed by atoms with E-state index in [0.717, 1.165) is 18.4 Å². The lowest BCUT2D eigenvalue weighted by Crippen LogP contribution is -2.15. The van der Waals surface area contributed by atoms with Gasteiger partial charge in [-0.25, -0.2) is 12.8 Å². The molecule has 0 fully saturated rings. The summed E-state index contributed by atoms with van der Waals surface area (Å²) in [6, 6.07) is 18.3. The molecule has 150 valence electrons. The average Bonchev–Trinajstić information content (AvgIpc) is 2.70. The fraction of sp³-hybridized carbons (Fsp3) is 0.136. The van der Waals surface area contributed by atoms with Crippen molar-refractivity contribution in [1.82, 2.24) is 0 Å². The third kappa shape index (κ3) is 5.42. The Labute approximate surface area is 169 Å². The second kappa shape index (κ2) is 8.87. The number of hydrogen-bond acceptors (Lipinski definition) is 3. The number of amides is 1. The van der Waals surface area contributed by atoms with E-state index in [2.05, 4.69) is 17.0 Å². The molecule has 0 saturated carbocycles. The van der Waals surface area contributed by atoms with Crippen LogP contribution in [-0.2, 0) is 16.4 Å². The van der Waals surface area contributed by atoms with E-state index in [9.17, 15) is 17.6 Å². The maximum Gasteiger partial charge on any atom is 0.261 e. The van der Waals surface area contributed by atoms with Crippen molar-refractivity contribution in [2.75, 3.05) is 10.0 Å². The Bertz CT molecular complexity index is 1100. The molecule has 0 bridgehead atoms. The molecule has 0 radical (unpaired) electrons. The van der Waals surface area contributed by atoms with Crippen LogP contribution in [0.15, 0.2) is 77.7 Å². The standard InChI is InChI=1S/C22H21FN2O3S/c1-2-4-16-7-13-21(14-8-16)29(27,28)25-20-6-3-5-17(15-20)22(26)24-19-11-9-18(23)10-12-19/h3,5-15,25H,2,4H2,1H3,(H,24,26). The molecule has 0 aromatic heterocycles. The van der Waals surface area contributed by atoms with Crippen molar-refractivity contribution in [3.05, 3.63) is 89.7 Å². The Morgan fingerprint density at radius 1 is 0.931 bits per heavy atom. The van der Waals surface area contributed by atoms with E-state index in [1.54, 1.807) is 42.5 Å². The van der Waals surface area contributed by atoms with Gasteiger partial charge in [-0.1, -0.05) is 31.5 Å². The predicted molar refractivity (Wildman–Crippen MR) is 112 cm³/mol. The van der Waals surface area contributed by atoms with E-state index in [0.29, 0.717) is 5.69 Å². The van der Waals surface area contributed by atoms with Crippen LogP contribution in [0.25, 0.3) is 0 Å². The minimum Gasteiger partial charge on any atom is -0.322 e. The molecule has 0 heterocycles. The van der Waals surface area contributed by atoms with Gasteiger partial charge in [0.2, 0.25) is 0 Å². The summed E-state index contributed by atoms with van der Waals surface area (Å²) in [4.78, 5) is 12.6. The Hall–Kier alpha value is -3.19. The number of rotatable bonds is 7. The number of carbonyl (C=O) groups excluding carboxylic acids is 1. The third-order valence-electron chi connectivity index (χ3n) is 4.25. The third-order valence-corrected chi connectivity index (χ3v) is 5.65. The average molecular weight is 412 g/mol. The van der Waals surface area contributed by atoms with Gasteiger partial charge in [0.05, 0.1) is 4.90 Å². The van der Waals surface area contributed by atoms with E-state index < -0.39 is 21.7 Å². The number of carbonyl (C=O) groups is 1. The van der Waals surface area contributed by atoms with Crippen molar-refractivity contribution >= 4 is 27.3 Å². The number of hydrogen-bond donors (Lipinski definition) is 2. The van der Waals surface area contributed by atoms with Crippen LogP contribution >= 0.6 is 0 Å². The second-order valence-electron chi connectivity index (χ2n) is 6.54. The molecule has 7 heteroatoms. The summed E-state index contributed by atoms with van der Waals surface area (Å²) in [6.45, 7) is 2.06. The zero-order chi connectivity index (χ0) is 20.9. The highest BCUT2D eigenvalue weighted by Gasteiger charge is 2.15. The van der Waals surface area contributed by atoms with Gasteiger partial charge < -0.3 is 5.32 Å². The predicted octanol–water partition coefficient (Wildman–Crippen LogP) is 4.83. The van der Waals surface area contributed by atoms with Gasteiger partial charge in [0.15, 0.2) is 0 Å². The summed E-state index contributed by atoms with van der Waals surface area (Å²) < 4.78 is 40.7. The van der Waals surface area contributed by atoms with E-state index in [4.69, 9.17) is 0 Å². The van der Waals surface area contributed by atoms with Crippen molar-refractivity contribution in [1.29, 1.82) is 0 Å². The number of nitrogens with one attached hydrogen (secondary N) is 2. The van der Waals surface area contributed by atoms with E-state index >= 15 is 0 Å². The largest absolute Gasteiger partial charge is 0.322 e. The zero-order valence-electron chi connectivity index (χ0n) is 15.9. The minimum atomic E-state index is -3.77. The van der Waals surface area contributed by atoms with Gasteiger partial charge in [-0.15, -0.1) is 0 Å². The van der Waals surface area contributed by atoms with Crippen LogP contribution in [-0.4, -0.2) is 14.3 Å². The fourth-order valence-corrected chi connectivity index (χ4v) is 3.85. The van der Waals surface area contributed by atoms with Crippen molar-refractivity contribution in [3.63, 3.8) is 0 Å². The molecule has 3 aromatic carbocycles. The van der Waals surface area contributed by atoms with E-state index in [1.807, 2.05) is 0 Å². The van der Waals surface area contributed by atoms with Crippen LogP contribution in [0, 0.1) is 5.82 Å². The Morgan fingerprint density at radius 2 is 1.62 bits per heavy atom. The maximum absolute atomic E-state index is 13.0. The van der Waals surface area contributed by atoms with Gasteiger partial charge >= 0.3 is 0 Å². The summed E-state index contributed by atoms with van der Waals surface area (Å²) in [7, 11) is -3.77. The van der Waals surface area contributed by atoms with Crippen molar-refractivity contribution < 1.29 is 17.6 Å². The van der Waals surface area contributed by atoms with Gasteiger partial charge in [0, 0.05) is 16.9 Å². The van der Waals surface area contributed by atoms with E-state index in [-0.39, 0.29) is 16.1 Å². The molecule has 0 saturated heterocycles. The van der Waals surface area contributed by atoms with Crippen molar-refractivity contribution in [2.24, 2.45) is 0 Å². The van der Waals surface area contributed by atoms with Crippen LogP contribution in [0.5, 0.6) is 0 Å².